The molecule has 0 bridgehead atoms. The molecule has 0 fully saturated rings. The predicted octanol–water partition coefficient (Wildman–Crippen LogP) is 8.99. The quantitative estimate of drug-likeness (QED) is 0.146. The van der Waals surface area contributed by atoms with E-state index in [0.29, 0.717) is 8.61 Å². The van der Waals surface area contributed by atoms with Crippen LogP contribution in [0.4, 0.5) is 11.4 Å². The molecule has 0 saturated carbocycles. The van der Waals surface area contributed by atoms with Crippen molar-refractivity contribution in [3.05, 3.63) is 152 Å². The second kappa shape index (κ2) is 13.9. The third-order valence-electron chi connectivity index (χ3n) is 7.15. The molecule has 246 valence electrons. The van der Waals surface area contributed by atoms with Crippen LogP contribution in [0, 0.1) is 13.8 Å². The Hall–Kier alpha value is -3.90. The van der Waals surface area contributed by atoms with Crippen LogP contribution >= 0.6 is 46.4 Å². The van der Waals surface area contributed by atoms with Gasteiger partial charge in [-0.05, 0) is 62.4 Å². The van der Waals surface area contributed by atoms with Gasteiger partial charge in [0.15, 0.2) is 0 Å². The van der Waals surface area contributed by atoms with Crippen LogP contribution in [0.2, 0.25) is 20.1 Å². The number of amides is 2. The van der Waals surface area contributed by atoms with E-state index in [2.05, 4.69) is 0 Å². The molecule has 0 radical (unpaired) electrons. The van der Waals surface area contributed by atoms with Gasteiger partial charge in [0.1, 0.15) is 11.4 Å². The molecule has 0 aliphatic rings. The van der Waals surface area contributed by atoms with Crippen molar-refractivity contribution < 1.29 is 26.4 Å². The summed E-state index contributed by atoms with van der Waals surface area (Å²) in [5, 5.41) is -2.64. The fraction of sp³-hybridized carbons (Fsp3) is 0.0588. The van der Waals surface area contributed by atoms with E-state index in [4.69, 9.17) is 46.4 Å². The molecule has 0 aliphatic heterocycles. The summed E-state index contributed by atoms with van der Waals surface area (Å²) in [6, 6.07) is 26.2. The van der Waals surface area contributed by atoms with Crippen LogP contribution < -0.4 is 8.61 Å². The molecule has 5 aromatic carbocycles. The molecule has 5 aromatic rings. The van der Waals surface area contributed by atoms with Gasteiger partial charge < -0.3 is 0 Å². The molecule has 2 amide bonds. The van der Waals surface area contributed by atoms with Gasteiger partial charge in [-0.2, -0.15) is 8.61 Å². The minimum atomic E-state index is -4.77. The first-order chi connectivity index (χ1) is 22.7. The lowest BCUT2D eigenvalue weighted by Crippen LogP contribution is -2.39. The van der Waals surface area contributed by atoms with Crippen LogP contribution in [0.3, 0.4) is 0 Å². The summed E-state index contributed by atoms with van der Waals surface area (Å²) in [4.78, 5) is 27.5. The predicted molar refractivity (Wildman–Crippen MR) is 190 cm³/mol. The number of nitrogens with zero attached hydrogens (tertiary/aromatic N) is 2. The number of anilines is 2. The standard InChI is InChI=1S/C34H24Cl4N2O6S2/c1-21-13-17-25(18-14-21)47(43,44)39(33(41)23-9-5-3-6-10-23)31-27(35)29(37)32(30(38)28(31)36)40(34(42)24-11-7-4-8-12-24)48(45,46)26-19-15-22(2)16-20-26/h3-20H,1-2H3. The summed E-state index contributed by atoms with van der Waals surface area (Å²) in [6.07, 6.45) is 0. The second-order valence-corrected chi connectivity index (χ2v) is 15.5. The van der Waals surface area contributed by atoms with Crippen LogP contribution in [0.5, 0.6) is 0 Å². The molecule has 0 aliphatic carbocycles. The lowest BCUT2D eigenvalue weighted by Gasteiger charge is -2.29. The first-order valence-electron chi connectivity index (χ1n) is 14.0. The van der Waals surface area contributed by atoms with Crippen molar-refractivity contribution >= 4 is 89.6 Å². The minimum absolute atomic E-state index is 0.0560. The Morgan fingerprint density at radius 2 is 0.729 bits per heavy atom. The Morgan fingerprint density at radius 3 is 1.00 bits per heavy atom. The summed E-state index contributed by atoms with van der Waals surface area (Å²) >= 11 is 27.1. The maximum atomic E-state index is 14.2. The van der Waals surface area contributed by atoms with Gasteiger partial charge >= 0.3 is 0 Å². The van der Waals surface area contributed by atoms with Crippen molar-refractivity contribution in [3.63, 3.8) is 0 Å². The fourth-order valence-corrected chi connectivity index (χ4v) is 8.90. The first-order valence-corrected chi connectivity index (χ1v) is 18.4. The first kappa shape index (κ1) is 35.4. The van der Waals surface area contributed by atoms with Crippen LogP contribution in [-0.4, -0.2) is 28.6 Å². The van der Waals surface area contributed by atoms with E-state index in [0.717, 1.165) is 11.1 Å². The monoisotopic (exact) mass is 760 g/mol. The largest absolute Gasteiger partial charge is 0.272 e. The van der Waals surface area contributed by atoms with E-state index in [1.807, 2.05) is 0 Å². The van der Waals surface area contributed by atoms with Crippen molar-refractivity contribution in [1.82, 2.24) is 0 Å². The number of carbonyl (C=O) groups excluding carboxylic acids is 2. The summed E-state index contributed by atoms with van der Waals surface area (Å²) in [5.74, 6) is -2.13. The van der Waals surface area contributed by atoms with Gasteiger partial charge in [-0.3, -0.25) is 9.59 Å². The molecule has 0 aromatic heterocycles. The number of aryl methyl sites for hydroxylation is 2. The molecule has 5 rings (SSSR count). The van der Waals surface area contributed by atoms with Crippen molar-refractivity contribution in [1.29, 1.82) is 0 Å². The van der Waals surface area contributed by atoms with E-state index in [1.54, 1.807) is 26.0 Å². The van der Waals surface area contributed by atoms with E-state index in [1.165, 1.54) is 97.1 Å². The number of sulfonamides is 2. The number of rotatable bonds is 8. The number of carbonyl (C=O) groups is 2. The molecule has 14 heteroatoms. The van der Waals surface area contributed by atoms with Crippen LogP contribution in [-0.2, 0) is 20.0 Å². The number of benzene rings is 5. The molecule has 0 unspecified atom stereocenters. The number of halogens is 4. The van der Waals surface area contributed by atoms with Gasteiger partial charge in [0.2, 0.25) is 0 Å². The van der Waals surface area contributed by atoms with E-state index < -0.39 is 63.3 Å². The van der Waals surface area contributed by atoms with Gasteiger partial charge in [-0.25, -0.2) is 16.8 Å². The Morgan fingerprint density at radius 1 is 0.458 bits per heavy atom. The molecule has 48 heavy (non-hydrogen) atoms. The summed E-state index contributed by atoms with van der Waals surface area (Å²) < 4.78 is 57.6. The Kier molecular flexibility index (Phi) is 10.3. The maximum Gasteiger partial charge on any atom is 0.272 e. The minimum Gasteiger partial charge on any atom is -0.268 e. The highest BCUT2D eigenvalue weighted by molar-refractivity contribution is 7.94. The zero-order chi connectivity index (χ0) is 35.0. The van der Waals surface area contributed by atoms with E-state index in [9.17, 15) is 26.4 Å². The van der Waals surface area contributed by atoms with E-state index in [-0.39, 0.29) is 20.9 Å². The average Bonchev–Trinajstić information content (AvgIpc) is 3.08. The van der Waals surface area contributed by atoms with Crippen molar-refractivity contribution in [2.45, 2.75) is 23.6 Å². The molecule has 0 heterocycles. The average molecular weight is 763 g/mol. The van der Waals surface area contributed by atoms with Gasteiger partial charge in [0, 0.05) is 11.1 Å². The van der Waals surface area contributed by atoms with Crippen LogP contribution in [0.25, 0.3) is 0 Å². The lowest BCUT2D eigenvalue weighted by molar-refractivity contribution is 0.0996. The highest BCUT2D eigenvalue weighted by atomic mass is 35.5. The van der Waals surface area contributed by atoms with Gasteiger partial charge in [-0.15, -0.1) is 0 Å². The van der Waals surface area contributed by atoms with Gasteiger partial charge in [-0.1, -0.05) is 118 Å². The lowest BCUT2D eigenvalue weighted by atomic mass is 10.2. The Bertz CT molecular complexity index is 2060. The topological polar surface area (TPSA) is 109 Å². The fourth-order valence-electron chi connectivity index (χ4n) is 4.65. The van der Waals surface area contributed by atoms with Crippen molar-refractivity contribution in [3.8, 4) is 0 Å². The normalized spacial score (nSPS) is 11.6. The summed E-state index contributed by atoms with van der Waals surface area (Å²) in [6.45, 7) is 3.50. The Labute approximate surface area is 298 Å². The van der Waals surface area contributed by atoms with Crippen molar-refractivity contribution in [2.75, 3.05) is 8.61 Å². The molecule has 8 nitrogen and oxygen atoms in total. The smallest absolute Gasteiger partial charge is 0.268 e. The van der Waals surface area contributed by atoms with Gasteiger partial charge in [0.05, 0.1) is 29.9 Å². The van der Waals surface area contributed by atoms with Crippen LogP contribution in [0.1, 0.15) is 31.8 Å². The molecule has 0 saturated heterocycles. The highest BCUT2D eigenvalue weighted by Crippen LogP contribution is 2.52. The van der Waals surface area contributed by atoms with Gasteiger partial charge in [0.25, 0.3) is 31.9 Å². The van der Waals surface area contributed by atoms with Crippen LogP contribution in [0.15, 0.2) is 119 Å². The van der Waals surface area contributed by atoms with E-state index >= 15 is 0 Å². The summed E-state index contributed by atoms with van der Waals surface area (Å²) in [5.41, 5.74) is 0.0929. The van der Waals surface area contributed by atoms with Crippen molar-refractivity contribution in [2.24, 2.45) is 0 Å². The second-order valence-electron chi connectivity index (χ2n) is 10.5. The molecule has 0 spiro atoms. The SMILES string of the molecule is Cc1ccc(S(=O)(=O)N(C(=O)c2ccccc2)c2c(Cl)c(Cl)c(N(C(=O)c3ccccc3)S(=O)(=O)c3ccc(C)cc3)c(Cl)c2Cl)cc1. The molecular weight excluding hydrogens is 738 g/mol. The maximum absolute atomic E-state index is 14.2. The zero-order valence-corrected chi connectivity index (χ0v) is 29.7. The molecule has 0 N–H and O–H groups in total. The molecule has 0 atom stereocenters. The zero-order valence-electron chi connectivity index (χ0n) is 25.1. The Balaban J connectivity index is 1.81. The molecular formula is C34H24Cl4N2O6S2. The number of hydrogen-bond acceptors (Lipinski definition) is 6. The summed E-state index contributed by atoms with van der Waals surface area (Å²) in [7, 11) is -9.53. The number of hydrogen-bond donors (Lipinski definition) is 0. The third-order valence-corrected chi connectivity index (χ3v) is 12.2. The highest BCUT2D eigenvalue weighted by Gasteiger charge is 2.41. The third kappa shape index (κ3) is 6.56.